The molecule has 46 heavy (non-hydrogen) atoms. The van der Waals surface area contributed by atoms with Gasteiger partial charge in [0, 0.05) is 20.8 Å². The highest BCUT2D eigenvalue weighted by Crippen LogP contribution is 2.40. The fourth-order valence-electron chi connectivity index (χ4n) is 5.35. The van der Waals surface area contributed by atoms with Crippen molar-refractivity contribution in [3.05, 3.63) is 60.7 Å². The van der Waals surface area contributed by atoms with Crippen LogP contribution in [-0.2, 0) is 42.5 Å². The molecule has 0 saturated carbocycles. The molecule has 1 fully saturated rings. The predicted octanol–water partition coefficient (Wildman–Crippen LogP) is 4.18. The Morgan fingerprint density at radius 2 is 1.28 bits per heavy atom. The maximum atomic E-state index is 13.1. The maximum Gasteiger partial charge on any atom is 0.407 e. The monoisotopic (exact) mass is 717 g/mol. The second kappa shape index (κ2) is 15.8. The highest BCUT2D eigenvalue weighted by Gasteiger charge is 2.58. The molecule has 0 aromatic heterocycles. The first kappa shape index (κ1) is 37.6. The van der Waals surface area contributed by atoms with E-state index in [0.717, 1.165) is 24.2 Å². The van der Waals surface area contributed by atoms with Gasteiger partial charge in [0.15, 0.2) is 18.5 Å². The Morgan fingerprint density at radius 3 is 1.72 bits per heavy atom. The summed E-state index contributed by atoms with van der Waals surface area (Å²) in [6.45, 7) is 8.58. The molecule has 15 heteroatoms. The van der Waals surface area contributed by atoms with Crippen LogP contribution in [0.1, 0.15) is 41.5 Å². The number of esters is 3. The van der Waals surface area contributed by atoms with Crippen molar-refractivity contribution in [1.82, 2.24) is 5.32 Å². The van der Waals surface area contributed by atoms with Crippen molar-refractivity contribution in [3.63, 3.8) is 0 Å². The lowest BCUT2D eigenvalue weighted by molar-refractivity contribution is -0.258. The van der Waals surface area contributed by atoms with Crippen LogP contribution in [0.5, 0.6) is 0 Å². The Bertz CT molecular complexity index is 1310. The number of hydrogen-bond acceptors (Lipinski definition) is 10. The van der Waals surface area contributed by atoms with Gasteiger partial charge < -0.3 is 33.4 Å². The third kappa shape index (κ3) is 9.82. The summed E-state index contributed by atoms with van der Waals surface area (Å²) in [5, 5.41) is 3.81. The van der Waals surface area contributed by atoms with Gasteiger partial charge in [0.1, 0.15) is 25.4 Å². The maximum absolute atomic E-state index is 13.1. The quantitative estimate of drug-likeness (QED) is 0.165. The summed E-state index contributed by atoms with van der Waals surface area (Å²) >= 11 is 17.4. The number of ether oxygens (including phenoxy) is 5. The van der Waals surface area contributed by atoms with Gasteiger partial charge in [0.05, 0.1) is 0 Å². The minimum atomic E-state index is -3.41. The van der Waals surface area contributed by atoms with Crippen LogP contribution in [0.4, 0.5) is 4.79 Å². The highest BCUT2D eigenvalue weighted by atomic mass is 35.6. The number of benzene rings is 2. The smallest absolute Gasteiger partial charge is 0.407 e. The van der Waals surface area contributed by atoms with Crippen molar-refractivity contribution in [2.24, 2.45) is 0 Å². The normalized spacial score (nSPS) is 21.9. The van der Waals surface area contributed by atoms with E-state index in [1.54, 1.807) is 0 Å². The SMILES string of the molecule is CC(=O)OC[C@H]1O[C@@H](O[Si](c2ccccc2)(c2ccccc2)C(C)(C)C)[C@H](NC(=O)OCC(Cl)(Cl)Cl)[C@@H](OC(C)=O)[C@@H]1OC(C)=O. The third-order valence-corrected chi connectivity index (χ3v) is 12.4. The van der Waals surface area contributed by atoms with E-state index in [-0.39, 0.29) is 0 Å². The first-order valence-electron chi connectivity index (χ1n) is 14.4. The zero-order valence-electron chi connectivity index (χ0n) is 26.3. The van der Waals surface area contributed by atoms with Crippen molar-refractivity contribution in [3.8, 4) is 0 Å². The Labute approximate surface area is 284 Å². The van der Waals surface area contributed by atoms with E-state index >= 15 is 0 Å². The number of alkyl halides is 3. The molecule has 2 aromatic carbocycles. The molecule has 0 aliphatic carbocycles. The van der Waals surface area contributed by atoms with Crippen LogP contribution in [-0.4, -0.2) is 80.0 Å². The van der Waals surface area contributed by atoms with Crippen LogP contribution >= 0.6 is 34.8 Å². The van der Waals surface area contributed by atoms with Crippen LogP contribution in [0, 0.1) is 0 Å². The molecule has 3 rings (SSSR count). The van der Waals surface area contributed by atoms with Crippen molar-refractivity contribution in [1.29, 1.82) is 0 Å². The first-order valence-corrected chi connectivity index (χ1v) is 17.4. The van der Waals surface area contributed by atoms with Gasteiger partial charge in [-0.2, -0.15) is 0 Å². The number of rotatable bonds is 10. The largest absolute Gasteiger partial charge is 0.463 e. The van der Waals surface area contributed by atoms with E-state index in [1.807, 2.05) is 81.4 Å². The summed E-state index contributed by atoms with van der Waals surface area (Å²) < 4.78 is 33.3. The predicted molar refractivity (Wildman–Crippen MR) is 174 cm³/mol. The fraction of sp³-hybridized carbons (Fsp3) is 0.484. The van der Waals surface area contributed by atoms with Crippen LogP contribution in [0.3, 0.4) is 0 Å². The van der Waals surface area contributed by atoms with Gasteiger partial charge in [-0.05, 0) is 15.4 Å². The number of halogens is 3. The van der Waals surface area contributed by atoms with E-state index < -0.39 is 85.0 Å². The number of carbonyl (C=O) groups excluding carboxylic acids is 4. The molecule has 1 aliphatic rings. The van der Waals surface area contributed by atoms with Gasteiger partial charge in [-0.15, -0.1) is 0 Å². The zero-order valence-corrected chi connectivity index (χ0v) is 29.6. The summed E-state index contributed by atoms with van der Waals surface area (Å²) in [4.78, 5) is 49.7. The molecule has 2 aromatic rings. The highest BCUT2D eigenvalue weighted by molar-refractivity contribution is 6.99. The molecule has 0 radical (unpaired) electrons. The third-order valence-electron chi connectivity index (χ3n) is 7.06. The number of alkyl carbamates (subject to hydrolysis) is 1. The van der Waals surface area contributed by atoms with E-state index in [9.17, 15) is 19.2 Å². The molecule has 1 heterocycles. The Morgan fingerprint density at radius 1 is 0.783 bits per heavy atom. The molecule has 0 unspecified atom stereocenters. The summed E-state index contributed by atoms with van der Waals surface area (Å²) in [5.74, 6) is -2.14. The Kier molecular flexibility index (Phi) is 12.9. The zero-order chi connectivity index (χ0) is 34.3. The molecule has 0 bridgehead atoms. The molecule has 11 nitrogen and oxygen atoms in total. The lowest BCUT2D eigenvalue weighted by atomic mass is 9.96. The van der Waals surface area contributed by atoms with Crippen molar-refractivity contribution < 1.29 is 47.3 Å². The Balaban J connectivity index is 2.25. The molecule has 1 saturated heterocycles. The average Bonchev–Trinajstić information content (AvgIpc) is 2.96. The van der Waals surface area contributed by atoms with Gasteiger partial charge in [-0.3, -0.25) is 14.4 Å². The first-order chi connectivity index (χ1) is 21.4. The summed E-state index contributed by atoms with van der Waals surface area (Å²) in [7, 11) is -3.41. The Hall–Kier alpha value is -2.87. The van der Waals surface area contributed by atoms with E-state index in [1.165, 1.54) is 6.92 Å². The van der Waals surface area contributed by atoms with Crippen molar-refractivity contribution in [2.75, 3.05) is 13.2 Å². The van der Waals surface area contributed by atoms with Gasteiger partial charge in [-0.1, -0.05) is 116 Å². The molecule has 1 aliphatic heterocycles. The number of nitrogens with one attached hydrogen (secondary N) is 1. The van der Waals surface area contributed by atoms with E-state index in [0.29, 0.717) is 0 Å². The minimum Gasteiger partial charge on any atom is -0.463 e. The van der Waals surface area contributed by atoms with Crippen LogP contribution < -0.4 is 15.7 Å². The molecular formula is C31H38Cl3NO10Si. The standard InChI is InChI=1S/C31H38Cl3NO10Si/c1-19(36)40-17-24-26(42-20(2)37)27(43-21(3)38)25(35-29(39)41-18-31(32,33)34)28(44-24)45-46(30(4,5)6,22-13-9-7-10-14-22)23-15-11-8-12-16-23/h7-16,24-28H,17-18H2,1-6H3,(H,35,39)/t24-,25-,26-,27-,28+/m1/s1. The van der Waals surface area contributed by atoms with Gasteiger partial charge >= 0.3 is 24.0 Å². The molecule has 1 N–H and O–H groups in total. The molecule has 1 amide bonds. The molecule has 0 spiro atoms. The van der Waals surface area contributed by atoms with Crippen molar-refractivity contribution in [2.45, 2.75) is 81.0 Å². The van der Waals surface area contributed by atoms with Crippen LogP contribution in [0.2, 0.25) is 5.04 Å². The lowest BCUT2D eigenvalue weighted by Gasteiger charge is -2.50. The molecule has 5 atom stereocenters. The number of carbonyl (C=O) groups is 4. The second-order valence-corrected chi connectivity index (χ2v) is 18.4. The lowest BCUT2D eigenvalue weighted by Crippen LogP contribution is -2.73. The fourth-order valence-corrected chi connectivity index (χ4v) is 10.1. The molecular weight excluding hydrogens is 681 g/mol. The number of hydrogen-bond donors (Lipinski definition) is 1. The van der Waals surface area contributed by atoms with Gasteiger partial charge in [-0.25, -0.2) is 4.79 Å². The number of amides is 1. The van der Waals surface area contributed by atoms with Crippen LogP contribution in [0.25, 0.3) is 0 Å². The van der Waals surface area contributed by atoms with E-state index in [2.05, 4.69) is 5.32 Å². The average molecular weight is 719 g/mol. The summed E-state index contributed by atoms with van der Waals surface area (Å²) in [6.07, 6.45) is -6.38. The summed E-state index contributed by atoms with van der Waals surface area (Å²) in [6, 6.07) is 17.8. The second-order valence-electron chi connectivity index (χ2n) is 11.6. The molecule has 252 valence electrons. The van der Waals surface area contributed by atoms with Gasteiger partial charge in [0.25, 0.3) is 8.32 Å². The minimum absolute atomic E-state index is 0.393. The van der Waals surface area contributed by atoms with Gasteiger partial charge in [0.2, 0.25) is 3.79 Å². The topological polar surface area (TPSA) is 136 Å². The van der Waals surface area contributed by atoms with Crippen LogP contribution in [0.15, 0.2) is 60.7 Å². The van der Waals surface area contributed by atoms with E-state index in [4.69, 9.17) is 62.9 Å². The van der Waals surface area contributed by atoms with Crippen molar-refractivity contribution >= 4 is 77.5 Å². The summed E-state index contributed by atoms with van der Waals surface area (Å²) in [5.41, 5.74) is 0.